The van der Waals surface area contributed by atoms with Crippen molar-refractivity contribution in [1.29, 1.82) is 0 Å². The summed E-state index contributed by atoms with van der Waals surface area (Å²) in [4.78, 5) is 12.4. The smallest absolute Gasteiger partial charge is 0.275 e. The van der Waals surface area contributed by atoms with Crippen molar-refractivity contribution in [3.8, 4) is 11.5 Å². The zero-order valence-corrected chi connectivity index (χ0v) is 17.8. The number of carbonyl (C=O) groups is 1. The van der Waals surface area contributed by atoms with Gasteiger partial charge in [-0.1, -0.05) is 45.2 Å². The molecule has 0 bridgehead atoms. The summed E-state index contributed by atoms with van der Waals surface area (Å²) in [6.07, 6.45) is 3.60. The van der Waals surface area contributed by atoms with Gasteiger partial charge in [0.05, 0.1) is 25.5 Å². The van der Waals surface area contributed by atoms with Crippen LogP contribution in [0.25, 0.3) is 0 Å². The van der Waals surface area contributed by atoms with E-state index in [1.54, 1.807) is 24.4 Å². The van der Waals surface area contributed by atoms with Gasteiger partial charge in [0, 0.05) is 14.5 Å². The highest BCUT2D eigenvalue weighted by Crippen LogP contribution is 2.23. The van der Waals surface area contributed by atoms with Crippen molar-refractivity contribution in [3.63, 3.8) is 0 Å². The Morgan fingerprint density at radius 2 is 1.85 bits per heavy atom. The second kappa shape index (κ2) is 10.3. The number of halogens is 2. The number of nitrogens with zero attached hydrogens (tertiary/aromatic N) is 1. The van der Waals surface area contributed by atoms with E-state index in [0.29, 0.717) is 17.9 Å². The fourth-order valence-electron chi connectivity index (χ4n) is 2.16. The lowest BCUT2D eigenvalue weighted by molar-refractivity contribution is 0.0952. The first-order valence-electron chi connectivity index (χ1n) is 8.14. The van der Waals surface area contributed by atoms with Crippen LogP contribution in [0.2, 0.25) is 0 Å². The number of nitrogens with one attached hydrogen (secondary N) is 1. The lowest BCUT2D eigenvalue weighted by Gasteiger charge is -2.09. The molecule has 0 spiro atoms. The largest absolute Gasteiger partial charge is 0.496 e. The minimum Gasteiger partial charge on any atom is -0.496 e. The predicted octanol–water partition coefficient (Wildman–Crippen LogP) is 5.16. The maximum atomic E-state index is 12.4. The third-order valence-electron chi connectivity index (χ3n) is 3.50. The van der Waals surface area contributed by atoms with E-state index < -0.39 is 0 Å². The quantitative estimate of drug-likeness (QED) is 0.320. The standard InChI is InChI=1S/C19H20Br2N2O3/c1-3-4-9-26-17-7-5-14(20)10-13(17)12-22-23-19(24)16-11-15(21)6-8-18(16)25-2/h5-8,10-12H,3-4,9H2,1-2H3,(H,23,24)/b22-12+. The van der Waals surface area contributed by atoms with E-state index in [9.17, 15) is 4.79 Å². The van der Waals surface area contributed by atoms with Crippen molar-refractivity contribution in [2.45, 2.75) is 19.8 Å². The van der Waals surface area contributed by atoms with Crippen LogP contribution in [0.5, 0.6) is 11.5 Å². The molecule has 138 valence electrons. The summed E-state index contributed by atoms with van der Waals surface area (Å²) in [6.45, 7) is 2.75. The van der Waals surface area contributed by atoms with Crippen LogP contribution < -0.4 is 14.9 Å². The lowest BCUT2D eigenvalue weighted by Crippen LogP contribution is -2.18. The van der Waals surface area contributed by atoms with Crippen molar-refractivity contribution in [2.24, 2.45) is 5.10 Å². The number of rotatable bonds is 8. The molecular formula is C19H20Br2N2O3. The Balaban J connectivity index is 2.11. The van der Waals surface area contributed by atoms with Gasteiger partial charge in [0.1, 0.15) is 11.5 Å². The van der Waals surface area contributed by atoms with Crippen molar-refractivity contribution < 1.29 is 14.3 Å². The van der Waals surface area contributed by atoms with Gasteiger partial charge in [-0.25, -0.2) is 5.43 Å². The van der Waals surface area contributed by atoms with Gasteiger partial charge in [0.15, 0.2) is 0 Å². The van der Waals surface area contributed by atoms with Crippen molar-refractivity contribution in [3.05, 3.63) is 56.5 Å². The van der Waals surface area contributed by atoms with Gasteiger partial charge in [-0.3, -0.25) is 4.79 Å². The van der Waals surface area contributed by atoms with Crippen LogP contribution in [0, 0.1) is 0 Å². The van der Waals surface area contributed by atoms with Gasteiger partial charge in [0.2, 0.25) is 0 Å². The second-order valence-corrected chi connectivity index (χ2v) is 7.26. The number of ether oxygens (including phenoxy) is 2. The van der Waals surface area contributed by atoms with Crippen LogP contribution in [0.15, 0.2) is 50.4 Å². The monoisotopic (exact) mass is 482 g/mol. The molecule has 0 fully saturated rings. The average Bonchev–Trinajstić information content (AvgIpc) is 2.63. The number of unbranched alkanes of at least 4 members (excludes halogenated alkanes) is 1. The summed E-state index contributed by atoms with van der Waals surface area (Å²) < 4.78 is 12.7. The van der Waals surface area contributed by atoms with Gasteiger partial charge in [0.25, 0.3) is 5.91 Å². The Morgan fingerprint density at radius 3 is 2.54 bits per heavy atom. The van der Waals surface area contributed by atoms with Gasteiger partial charge in [-0.15, -0.1) is 0 Å². The van der Waals surface area contributed by atoms with Crippen LogP contribution in [-0.2, 0) is 0 Å². The van der Waals surface area contributed by atoms with Crippen LogP contribution in [0.3, 0.4) is 0 Å². The number of hydrazone groups is 1. The lowest BCUT2D eigenvalue weighted by atomic mass is 10.2. The highest BCUT2D eigenvalue weighted by molar-refractivity contribution is 9.10. The number of carbonyl (C=O) groups excluding carboxylic acids is 1. The van der Waals surface area contributed by atoms with E-state index >= 15 is 0 Å². The first kappa shape index (κ1) is 20.5. The average molecular weight is 484 g/mol. The normalized spacial score (nSPS) is 10.8. The van der Waals surface area contributed by atoms with Gasteiger partial charge < -0.3 is 9.47 Å². The first-order chi connectivity index (χ1) is 12.5. The van der Waals surface area contributed by atoms with E-state index in [1.807, 2.05) is 18.2 Å². The fraction of sp³-hybridized carbons (Fsp3) is 0.263. The van der Waals surface area contributed by atoms with E-state index in [0.717, 1.165) is 33.1 Å². The molecule has 0 aliphatic rings. The third-order valence-corrected chi connectivity index (χ3v) is 4.49. The van der Waals surface area contributed by atoms with Gasteiger partial charge >= 0.3 is 0 Å². The molecule has 2 rings (SSSR count). The van der Waals surface area contributed by atoms with E-state index in [1.165, 1.54) is 7.11 Å². The molecule has 1 N–H and O–H groups in total. The van der Waals surface area contributed by atoms with Crippen molar-refractivity contribution in [2.75, 3.05) is 13.7 Å². The molecule has 0 saturated carbocycles. The van der Waals surface area contributed by atoms with Gasteiger partial charge in [-0.05, 0) is 42.8 Å². The molecule has 0 saturated heterocycles. The Bertz CT molecular complexity index is 794. The molecule has 1 amide bonds. The number of hydrogen-bond acceptors (Lipinski definition) is 4. The Kier molecular flexibility index (Phi) is 8.12. The van der Waals surface area contributed by atoms with Crippen molar-refractivity contribution >= 4 is 44.0 Å². The maximum absolute atomic E-state index is 12.4. The van der Waals surface area contributed by atoms with Crippen LogP contribution in [-0.4, -0.2) is 25.8 Å². The van der Waals surface area contributed by atoms with Crippen LogP contribution in [0.1, 0.15) is 35.7 Å². The summed E-state index contributed by atoms with van der Waals surface area (Å²) in [5.41, 5.74) is 3.69. The van der Waals surface area contributed by atoms with E-state index in [-0.39, 0.29) is 5.91 Å². The SMILES string of the molecule is CCCCOc1ccc(Br)cc1/C=N/NC(=O)c1cc(Br)ccc1OC. The molecule has 7 heteroatoms. The molecule has 2 aromatic rings. The summed E-state index contributed by atoms with van der Waals surface area (Å²) >= 11 is 6.79. The Morgan fingerprint density at radius 1 is 1.15 bits per heavy atom. The topological polar surface area (TPSA) is 59.9 Å². The molecule has 5 nitrogen and oxygen atoms in total. The van der Waals surface area contributed by atoms with E-state index in [4.69, 9.17) is 9.47 Å². The molecule has 0 radical (unpaired) electrons. The highest BCUT2D eigenvalue weighted by atomic mass is 79.9. The summed E-state index contributed by atoms with van der Waals surface area (Å²) in [5, 5.41) is 4.06. The van der Waals surface area contributed by atoms with Crippen LogP contribution in [0.4, 0.5) is 0 Å². The number of methoxy groups -OCH3 is 1. The molecule has 0 aliphatic heterocycles. The molecule has 26 heavy (non-hydrogen) atoms. The Labute approximate surface area is 170 Å². The van der Waals surface area contributed by atoms with Crippen molar-refractivity contribution in [1.82, 2.24) is 5.43 Å². The molecule has 0 aromatic heterocycles. The zero-order chi connectivity index (χ0) is 18.9. The summed E-state index contributed by atoms with van der Waals surface area (Å²) in [5.74, 6) is 0.842. The molecule has 0 heterocycles. The zero-order valence-electron chi connectivity index (χ0n) is 14.6. The summed E-state index contributed by atoms with van der Waals surface area (Å²) in [7, 11) is 1.52. The fourth-order valence-corrected chi connectivity index (χ4v) is 2.90. The van der Waals surface area contributed by atoms with E-state index in [2.05, 4.69) is 49.3 Å². The number of benzene rings is 2. The third kappa shape index (κ3) is 5.85. The van der Waals surface area contributed by atoms with Crippen LogP contribution >= 0.6 is 31.9 Å². The first-order valence-corrected chi connectivity index (χ1v) is 9.73. The molecule has 0 aliphatic carbocycles. The Hall–Kier alpha value is -1.86. The second-order valence-electron chi connectivity index (χ2n) is 5.43. The molecule has 2 aromatic carbocycles. The minimum absolute atomic E-state index is 0.358. The summed E-state index contributed by atoms with van der Waals surface area (Å²) in [6, 6.07) is 10.9. The maximum Gasteiger partial charge on any atom is 0.275 e. The highest BCUT2D eigenvalue weighted by Gasteiger charge is 2.12. The minimum atomic E-state index is -0.358. The number of hydrogen-bond donors (Lipinski definition) is 1. The van der Waals surface area contributed by atoms with Gasteiger partial charge in [-0.2, -0.15) is 5.10 Å². The molecular weight excluding hydrogens is 464 g/mol. The predicted molar refractivity (Wildman–Crippen MR) is 110 cm³/mol. The molecule has 0 atom stereocenters. The number of amides is 1. The molecule has 0 unspecified atom stereocenters.